The van der Waals surface area contributed by atoms with Crippen LogP contribution in [0, 0.1) is 0 Å². The summed E-state index contributed by atoms with van der Waals surface area (Å²) in [5.41, 5.74) is -0.442. The topological polar surface area (TPSA) is 18.5 Å². The molecule has 1 heterocycles. The van der Waals surface area contributed by atoms with E-state index in [1.807, 2.05) is 6.92 Å². The van der Waals surface area contributed by atoms with E-state index in [0.717, 1.165) is 0 Å². The van der Waals surface area contributed by atoms with Crippen LogP contribution in [0.15, 0.2) is 0 Å². The summed E-state index contributed by atoms with van der Waals surface area (Å²) in [6, 6.07) is 0. The Morgan fingerprint density at radius 3 is 2.30 bits per heavy atom. The van der Waals surface area contributed by atoms with Gasteiger partial charge in [-0.25, -0.2) is 0 Å². The van der Waals surface area contributed by atoms with Crippen molar-refractivity contribution in [3.05, 3.63) is 0 Å². The lowest BCUT2D eigenvalue weighted by Crippen LogP contribution is -2.36. The molecule has 2 nitrogen and oxygen atoms in total. The van der Waals surface area contributed by atoms with E-state index in [2.05, 4.69) is 0 Å². The quantitative estimate of drug-likeness (QED) is 0.608. The van der Waals surface area contributed by atoms with Gasteiger partial charge in [-0.05, 0) is 6.92 Å². The zero-order chi connectivity index (χ0) is 7.61. The maximum absolute atomic E-state index is 5.64. The molecule has 4 heteroatoms. The Balaban J connectivity index is 2.51. The van der Waals surface area contributed by atoms with Crippen LogP contribution in [0.4, 0.5) is 0 Å². The molecule has 1 atom stereocenters. The highest BCUT2D eigenvalue weighted by Gasteiger charge is 2.38. The van der Waals surface area contributed by atoms with Gasteiger partial charge < -0.3 is 9.47 Å². The van der Waals surface area contributed by atoms with Gasteiger partial charge in [-0.2, -0.15) is 0 Å². The zero-order valence-corrected chi connectivity index (χ0v) is 7.28. The smallest absolute Gasteiger partial charge is 0.155 e. The Bertz CT molecular complexity index is 114. The molecule has 1 unspecified atom stereocenters. The molecule has 1 saturated heterocycles. The molecular weight excluding hydrogens is 175 g/mol. The van der Waals surface area contributed by atoms with Crippen molar-refractivity contribution in [1.82, 2.24) is 0 Å². The van der Waals surface area contributed by atoms with Crippen LogP contribution < -0.4 is 0 Å². The third-order valence-corrected chi connectivity index (χ3v) is 2.46. The molecule has 1 aliphatic heterocycles. The van der Waals surface area contributed by atoms with Gasteiger partial charge in [0.05, 0.1) is 18.4 Å². The number of rotatable bonds is 2. The van der Waals surface area contributed by atoms with Gasteiger partial charge in [0.2, 0.25) is 0 Å². The summed E-state index contributed by atoms with van der Waals surface area (Å²) in [5, 5.41) is 0. The van der Waals surface area contributed by atoms with Gasteiger partial charge in [-0.1, -0.05) is 0 Å². The summed E-state index contributed by atoms with van der Waals surface area (Å²) in [5.74, 6) is 0.779. The molecule has 1 fully saturated rings. The Kier molecular flexibility index (Phi) is 2.81. The lowest BCUT2D eigenvalue weighted by Gasteiger charge is -2.20. The second-order valence-corrected chi connectivity index (χ2v) is 2.98. The first-order valence-corrected chi connectivity index (χ1v) is 4.21. The molecule has 0 aromatic carbocycles. The van der Waals surface area contributed by atoms with E-state index in [0.29, 0.717) is 18.4 Å². The van der Waals surface area contributed by atoms with Crippen LogP contribution in [-0.4, -0.2) is 30.3 Å². The first-order valence-electron chi connectivity index (χ1n) is 3.14. The van der Waals surface area contributed by atoms with Crippen molar-refractivity contribution in [3.63, 3.8) is 0 Å². The average molecular weight is 185 g/mol. The molecule has 0 aliphatic carbocycles. The predicted molar refractivity (Wildman–Crippen MR) is 40.7 cm³/mol. The first kappa shape index (κ1) is 8.60. The molecule has 0 saturated carbocycles. The Morgan fingerprint density at radius 2 is 2.10 bits per heavy atom. The molecule has 10 heavy (non-hydrogen) atoms. The van der Waals surface area contributed by atoms with Crippen LogP contribution in [-0.2, 0) is 9.47 Å². The van der Waals surface area contributed by atoms with Crippen LogP contribution in [0.2, 0.25) is 0 Å². The van der Waals surface area contributed by atoms with Gasteiger partial charge in [-0.15, -0.1) is 23.2 Å². The number of hydrogen-bond acceptors (Lipinski definition) is 2. The molecule has 1 aliphatic rings. The molecule has 0 radical (unpaired) electrons. The van der Waals surface area contributed by atoms with E-state index in [9.17, 15) is 0 Å². The van der Waals surface area contributed by atoms with Crippen LogP contribution in [0.3, 0.4) is 0 Å². The fourth-order valence-corrected chi connectivity index (χ4v) is 1.43. The van der Waals surface area contributed by atoms with Gasteiger partial charge in [0, 0.05) is 0 Å². The summed E-state index contributed by atoms with van der Waals surface area (Å²) >= 11 is 11.3. The van der Waals surface area contributed by atoms with E-state index >= 15 is 0 Å². The van der Waals surface area contributed by atoms with Crippen molar-refractivity contribution in [1.29, 1.82) is 0 Å². The highest BCUT2D eigenvalue weighted by molar-refractivity contribution is 6.21. The second-order valence-electron chi connectivity index (χ2n) is 2.45. The number of hydrogen-bond donors (Lipinski definition) is 0. The van der Waals surface area contributed by atoms with Gasteiger partial charge in [0.1, 0.15) is 5.60 Å². The van der Waals surface area contributed by atoms with Crippen molar-refractivity contribution in [2.24, 2.45) is 0 Å². The van der Waals surface area contributed by atoms with Crippen LogP contribution in [0.25, 0.3) is 0 Å². The minimum Gasteiger partial charge on any atom is -0.350 e. The zero-order valence-electron chi connectivity index (χ0n) is 5.77. The van der Waals surface area contributed by atoms with E-state index in [-0.39, 0.29) is 6.29 Å². The molecule has 60 valence electrons. The van der Waals surface area contributed by atoms with Crippen LogP contribution in [0.5, 0.6) is 0 Å². The fraction of sp³-hybridized carbons (Fsp3) is 1.00. The van der Waals surface area contributed by atoms with Gasteiger partial charge in [0.25, 0.3) is 0 Å². The summed E-state index contributed by atoms with van der Waals surface area (Å²) in [4.78, 5) is 0. The monoisotopic (exact) mass is 184 g/mol. The number of halogens is 2. The highest BCUT2D eigenvalue weighted by atomic mass is 35.5. The van der Waals surface area contributed by atoms with Crippen molar-refractivity contribution < 1.29 is 9.47 Å². The van der Waals surface area contributed by atoms with Crippen molar-refractivity contribution in [3.8, 4) is 0 Å². The standard InChI is InChI=1S/C6H10Cl2O2/c1-5-9-4-6(2-7,3-8)10-5/h5H,2-4H2,1H3. The SMILES string of the molecule is CC1OCC(CCl)(CCl)O1. The average Bonchev–Trinajstić information content (AvgIpc) is 2.33. The van der Waals surface area contributed by atoms with Crippen molar-refractivity contribution >= 4 is 23.2 Å². The molecule has 0 N–H and O–H groups in total. The molecule has 0 aromatic heterocycles. The fourth-order valence-electron chi connectivity index (χ4n) is 0.865. The van der Waals surface area contributed by atoms with Crippen molar-refractivity contribution in [2.45, 2.75) is 18.8 Å². The lowest BCUT2D eigenvalue weighted by molar-refractivity contribution is -0.0623. The minimum atomic E-state index is -0.442. The van der Waals surface area contributed by atoms with E-state index < -0.39 is 5.60 Å². The molecule has 0 aromatic rings. The third kappa shape index (κ3) is 1.56. The van der Waals surface area contributed by atoms with Crippen LogP contribution in [0.1, 0.15) is 6.92 Å². The number of ether oxygens (including phenoxy) is 2. The predicted octanol–water partition coefficient (Wildman–Crippen LogP) is 1.60. The maximum Gasteiger partial charge on any atom is 0.155 e. The van der Waals surface area contributed by atoms with Crippen molar-refractivity contribution in [2.75, 3.05) is 18.4 Å². The summed E-state index contributed by atoms with van der Waals surface area (Å²) in [6.45, 7) is 2.34. The molecular formula is C6H10Cl2O2. The molecule has 1 rings (SSSR count). The van der Waals surface area contributed by atoms with E-state index in [1.54, 1.807) is 0 Å². The van der Waals surface area contributed by atoms with E-state index in [4.69, 9.17) is 32.7 Å². The summed E-state index contributed by atoms with van der Waals surface area (Å²) < 4.78 is 10.5. The highest BCUT2D eigenvalue weighted by Crippen LogP contribution is 2.25. The molecule has 0 amide bonds. The van der Waals surface area contributed by atoms with Crippen LogP contribution >= 0.6 is 23.2 Å². The Morgan fingerprint density at radius 1 is 1.50 bits per heavy atom. The maximum atomic E-state index is 5.64. The summed E-state index contributed by atoms with van der Waals surface area (Å²) in [7, 11) is 0. The first-order chi connectivity index (χ1) is 4.72. The van der Waals surface area contributed by atoms with Gasteiger partial charge in [-0.3, -0.25) is 0 Å². The molecule has 0 bridgehead atoms. The second kappa shape index (κ2) is 3.26. The third-order valence-electron chi connectivity index (χ3n) is 1.48. The number of alkyl halides is 2. The van der Waals surface area contributed by atoms with Gasteiger partial charge >= 0.3 is 0 Å². The Labute approximate surface area is 70.4 Å². The minimum absolute atomic E-state index is 0.169. The van der Waals surface area contributed by atoms with Gasteiger partial charge in [0.15, 0.2) is 6.29 Å². The molecule has 0 spiro atoms. The Hall–Kier alpha value is 0.500. The summed E-state index contributed by atoms with van der Waals surface area (Å²) in [6.07, 6.45) is -0.169. The normalized spacial score (nSPS) is 30.9. The largest absolute Gasteiger partial charge is 0.350 e. The van der Waals surface area contributed by atoms with E-state index in [1.165, 1.54) is 0 Å². The lowest BCUT2D eigenvalue weighted by atomic mass is 10.1.